The quantitative estimate of drug-likeness (QED) is 0.691. The highest BCUT2D eigenvalue weighted by Gasteiger charge is 2.26. The van der Waals surface area contributed by atoms with Gasteiger partial charge >= 0.3 is 0 Å². The minimum Gasteiger partial charge on any atom is -0.396 e. The zero-order chi connectivity index (χ0) is 13.6. The molecule has 4 nitrogen and oxygen atoms in total. The Balaban J connectivity index is 2.19. The van der Waals surface area contributed by atoms with Crippen molar-refractivity contribution in [3.8, 4) is 0 Å². The number of hydrogen-bond donors (Lipinski definition) is 2. The maximum absolute atomic E-state index is 10.1. The van der Waals surface area contributed by atoms with E-state index in [1.807, 2.05) is 0 Å². The first kappa shape index (κ1) is 15.9. The molecule has 1 fully saturated rings. The first-order valence-electron chi connectivity index (χ1n) is 7.17. The van der Waals surface area contributed by atoms with E-state index in [2.05, 4.69) is 30.6 Å². The molecule has 108 valence electrons. The number of unbranched alkanes of at least 4 members (excludes halogenated alkanes) is 1. The monoisotopic (exact) mass is 258 g/mol. The van der Waals surface area contributed by atoms with Crippen LogP contribution in [0.1, 0.15) is 33.6 Å². The van der Waals surface area contributed by atoms with Gasteiger partial charge in [-0.3, -0.25) is 4.90 Å². The second-order valence-corrected chi connectivity index (χ2v) is 6.45. The van der Waals surface area contributed by atoms with Crippen LogP contribution in [0.5, 0.6) is 0 Å². The van der Waals surface area contributed by atoms with Crippen molar-refractivity contribution >= 4 is 0 Å². The van der Waals surface area contributed by atoms with E-state index in [4.69, 9.17) is 5.11 Å². The number of rotatable bonds is 6. The molecule has 0 aromatic heterocycles. The lowest BCUT2D eigenvalue weighted by Crippen LogP contribution is -2.50. The van der Waals surface area contributed by atoms with Crippen LogP contribution >= 0.6 is 0 Å². The molecular weight excluding hydrogens is 228 g/mol. The van der Waals surface area contributed by atoms with Gasteiger partial charge in [0.05, 0.1) is 6.10 Å². The smallest absolute Gasteiger partial charge is 0.0715 e. The number of aliphatic hydroxyl groups is 2. The summed E-state index contributed by atoms with van der Waals surface area (Å²) in [6.07, 6.45) is 1.74. The van der Waals surface area contributed by atoms with E-state index in [-0.39, 0.29) is 11.5 Å². The molecule has 0 radical (unpaired) electrons. The SMILES string of the molecule is CC(C)(C)[C@@H](O)CN1CCN(CCCCO)CC1. The van der Waals surface area contributed by atoms with Gasteiger partial charge in [-0.05, 0) is 24.8 Å². The van der Waals surface area contributed by atoms with Crippen LogP contribution in [0.25, 0.3) is 0 Å². The fourth-order valence-corrected chi connectivity index (χ4v) is 2.16. The first-order chi connectivity index (χ1) is 8.43. The van der Waals surface area contributed by atoms with E-state index in [0.717, 1.165) is 52.1 Å². The average Bonchev–Trinajstić information content (AvgIpc) is 2.30. The Kier molecular flexibility index (Phi) is 6.57. The summed E-state index contributed by atoms with van der Waals surface area (Å²) in [6, 6.07) is 0. The van der Waals surface area contributed by atoms with Crippen molar-refractivity contribution in [2.75, 3.05) is 45.9 Å². The molecule has 1 atom stereocenters. The second-order valence-electron chi connectivity index (χ2n) is 6.45. The van der Waals surface area contributed by atoms with E-state index in [0.29, 0.717) is 6.61 Å². The molecule has 0 aromatic carbocycles. The molecule has 1 rings (SSSR count). The van der Waals surface area contributed by atoms with Gasteiger partial charge < -0.3 is 15.1 Å². The van der Waals surface area contributed by atoms with Gasteiger partial charge in [-0.2, -0.15) is 0 Å². The fraction of sp³-hybridized carbons (Fsp3) is 1.00. The third-order valence-electron chi connectivity index (χ3n) is 3.78. The third-order valence-corrected chi connectivity index (χ3v) is 3.78. The van der Waals surface area contributed by atoms with Crippen LogP contribution in [-0.2, 0) is 0 Å². The van der Waals surface area contributed by atoms with Crippen molar-refractivity contribution in [3.05, 3.63) is 0 Å². The van der Waals surface area contributed by atoms with E-state index in [1.54, 1.807) is 0 Å². The van der Waals surface area contributed by atoms with Crippen LogP contribution in [0, 0.1) is 5.41 Å². The molecule has 0 aromatic rings. The Morgan fingerprint density at radius 2 is 1.56 bits per heavy atom. The molecule has 1 saturated heterocycles. The molecule has 1 heterocycles. The molecule has 2 N–H and O–H groups in total. The Labute approximate surface area is 112 Å². The fourth-order valence-electron chi connectivity index (χ4n) is 2.16. The summed E-state index contributed by atoms with van der Waals surface area (Å²) in [5.74, 6) is 0. The minimum atomic E-state index is -0.251. The summed E-state index contributed by atoms with van der Waals surface area (Å²) in [7, 11) is 0. The molecular formula is C14H30N2O2. The van der Waals surface area contributed by atoms with Crippen LogP contribution in [0.4, 0.5) is 0 Å². The molecule has 0 spiro atoms. The Morgan fingerprint density at radius 1 is 1.00 bits per heavy atom. The van der Waals surface area contributed by atoms with Gasteiger partial charge in [-0.15, -0.1) is 0 Å². The van der Waals surface area contributed by atoms with Crippen molar-refractivity contribution < 1.29 is 10.2 Å². The number of β-amino-alcohol motifs (C(OH)–C–C–N with tert-alkyl or cyclic N) is 1. The van der Waals surface area contributed by atoms with Crippen molar-refractivity contribution in [2.45, 2.75) is 39.7 Å². The lowest BCUT2D eigenvalue weighted by molar-refractivity contribution is 0.0132. The molecule has 1 aliphatic rings. The van der Waals surface area contributed by atoms with Crippen LogP contribution < -0.4 is 0 Å². The summed E-state index contributed by atoms with van der Waals surface area (Å²) in [6.45, 7) is 12.7. The highest BCUT2D eigenvalue weighted by molar-refractivity contribution is 4.79. The van der Waals surface area contributed by atoms with Gasteiger partial charge in [0.2, 0.25) is 0 Å². The number of hydrogen-bond acceptors (Lipinski definition) is 4. The molecule has 4 heteroatoms. The molecule has 0 aliphatic carbocycles. The number of piperazine rings is 1. The van der Waals surface area contributed by atoms with Crippen LogP contribution in [0.2, 0.25) is 0 Å². The van der Waals surface area contributed by atoms with E-state index in [1.165, 1.54) is 0 Å². The molecule has 1 aliphatic heterocycles. The molecule has 18 heavy (non-hydrogen) atoms. The van der Waals surface area contributed by atoms with Crippen molar-refractivity contribution in [2.24, 2.45) is 5.41 Å². The summed E-state index contributed by atoms with van der Waals surface area (Å²) < 4.78 is 0. The summed E-state index contributed by atoms with van der Waals surface area (Å²) in [5.41, 5.74) is -0.0295. The van der Waals surface area contributed by atoms with Crippen LogP contribution in [0.15, 0.2) is 0 Å². The average molecular weight is 258 g/mol. The minimum absolute atomic E-state index is 0.0295. The zero-order valence-electron chi connectivity index (χ0n) is 12.2. The van der Waals surface area contributed by atoms with Gasteiger partial charge in [-0.25, -0.2) is 0 Å². The van der Waals surface area contributed by atoms with Crippen molar-refractivity contribution in [3.63, 3.8) is 0 Å². The maximum Gasteiger partial charge on any atom is 0.0715 e. The van der Waals surface area contributed by atoms with Gasteiger partial charge in [0.25, 0.3) is 0 Å². The lowest BCUT2D eigenvalue weighted by Gasteiger charge is -2.38. The largest absolute Gasteiger partial charge is 0.396 e. The van der Waals surface area contributed by atoms with Crippen LogP contribution in [0.3, 0.4) is 0 Å². The van der Waals surface area contributed by atoms with Gasteiger partial charge in [0, 0.05) is 39.3 Å². The van der Waals surface area contributed by atoms with E-state index in [9.17, 15) is 5.11 Å². The lowest BCUT2D eigenvalue weighted by atomic mass is 9.89. The molecule has 0 saturated carbocycles. The van der Waals surface area contributed by atoms with E-state index >= 15 is 0 Å². The second kappa shape index (κ2) is 7.43. The zero-order valence-corrected chi connectivity index (χ0v) is 12.2. The van der Waals surface area contributed by atoms with E-state index < -0.39 is 0 Å². The van der Waals surface area contributed by atoms with Gasteiger partial charge in [0.15, 0.2) is 0 Å². The highest BCUT2D eigenvalue weighted by Crippen LogP contribution is 2.20. The Morgan fingerprint density at radius 3 is 2.06 bits per heavy atom. The predicted octanol–water partition coefficient (Wildman–Crippen LogP) is 0.783. The topological polar surface area (TPSA) is 46.9 Å². The van der Waals surface area contributed by atoms with Crippen molar-refractivity contribution in [1.82, 2.24) is 9.80 Å². The Bertz CT molecular complexity index is 220. The van der Waals surface area contributed by atoms with Crippen molar-refractivity contribution in [1.29, 1.82) is 0 Å². The normalized spacial score (nSPS) is 21.2. The molecule has 0 bridgehead atoms. The molecule has 0 amide bonds. The molecule has 0 unspecified atom stereocenters. The summed E-state index contributed by atoms with van der Waals surface area (Å²) in [4.78, 5) is 4.81. The van der Waals surface area contributed by atoms with Crippen LogP contribution in [-0.4, -0.2) is 72.0 Å². The number of nitrogens with zero attached hydrogens (tertiary/aromatic N) is 2. The Hall–Kier alpha value is -0.160. The maximum atomic E-state index is 10.1. The highest BCUT2D eigenvalue weighted by atomic mass is 16.3. The number of aliphatic hydroxyl groups excluding tert-OH is 2. The summed E-state index contributed by atoms with van der Waals surface area (Å²) >= 11 is 0. The predicted molar refractivity (Wildman–Crippen MR) is 74.7 cm³/mol. The third kappa shape index (κ3) is 5.65. The standard InChI is InChI=1S/C14H30N2O2/c1-14(2,3)13(18)12-16-9-7-15(8-10-16)6-4-5-11-17/h13,17-18H,4-12H2,1-3H3/t13-/m0/s1. The summed E-state index contributed by atoms with van der Waals surface area (Å²) in [5, 5.41) is 18.9. The first-order valence-corrected chi connectivity index (χ1v) is 7.17. The van der Waals surface area contributed by atoms with Gasteiger partial charge in [0.1, 0.15) is 0 Å². The van der Waals surface area contributed by atoms with Gasteiger partial charge in [-0.1, -0.05) is 20.8 Å².